The Kier molecular flexibility index (Phi) is 5.33. The van der Waals surface area contributed by atoms with E-state index in [-0.39, 0.29) is 35.4 Å². The maximum Gasteiger partial charge on any atom is 0.306 e. The average Bonchev–Trinajstić information content (AvgIpc) is 3.00. The predicted octanol–water partition coefficient (Wildman–Crippen LogP) is 2.91. The molecule has 0 saturated heterocycles. The molecular formula is C25H34O6. The van der Waals surface area contributed by atoms with E-state index in [1.807, 2.05) is 13.8 Å². The van der Waals surface area contributed by atoms with E-state index in [0.717, 1.165) is 24.0 Å². The second-order valence-electron chi connectivity index (χ2n) is 10.4. The molecule has 0 aliphatic heterocycles. The highest BCUT2D eigenvalue weighted by molar-refractivity contribution is 6.02. The van der Waals surface area contributed by atoms with E-state index in [2.05, 4.69) is 6.92 Å². The highest BCUT2D eigenvalue weighted by Gasteiger charge is 2.70. The molecule has 4 rings (SSSR count). The first-order chi connectivity index (χ1) is 14.5. The van der Waals surface area contributed by atoms with Gasteiger partial charge in [0.2, 0.25) is 5.78 Å². The quantitative estimate of drug-likeness (QED) is 0.665. The van der Waals surface area contributed by atoms with E-state index in [0.29, 0.717) is 19.3 Å². The summed E-state index contributed by atoms with van der Waals surface area (Å²) in [5.74, 6) is -0.737. The highest BCUT2D eigenvalue weighted by Crippen LogP contribution is 2.68. The third-order valence-corrected chi connectivity index (χ3v) is 9.32. The van der Waals surface area contributed by atoms with Crippen LogP contribution in [0.4, 0.5) is 0 Å². The number of aliphatic hydroxyl groups excluding tert-OH is 2. The van der Waals surface area contributed by atoms with Crippen molar-refractivity contribution in [3.63, 3.8) is 0 Å². The van der Waals surface area contributed by atoms with Crippen LogP contribution in [-0.2, 0) is 19.1 Å². The minimum atomic E-state index is -1.39. The molecule has 0 radical (unpaired) electrons. The standard InChI is InChI=1S/C25H34O6/c1-5-21(30)31-25(20(29)13-26)9-8-18-17-7-6-15-11-16(27)10-14(2)24(15,4)22(17)19(28)12-23(18,25)3/h10-11,17-19,22,26,28H,5-9,12-13H2,1-4H3/t17-,18-,19?,22+,23-,24-,25-/m0/s1. The summed E-state index contributed by atoms with van der Waals surface area (Å²) in [4.78, 5) is 37.5. The summed E-state index contributed by atoms with van der Waals surface area (Å²) in [6.07, 6.45) is 5.89. The summed E-state index contributed by atoms with van der Waals surface area (Å²) in [6, 6.07) is 0. The molecule has 3 saturated carbocycles. The molecule has 3 fully saturated rings. The van der Waals surface area contributed by atoms with Gasteiger partial charge in [0.25, 0.3) is 0 Å². The Morgan fingerprint density at radius 3 is 2.58 bits per heavy atom. The Labute approximate surface area is 183 Å². The highest BCUT2D eigenvalue weighted by atomic mass is 16.6. The van der Waals surface area contributed by atoms with Gasteiger partial charge in [0.15, 0.2) is 11.4 Å². The van der Waals surface area contributed by atoms with Crippen molar-refractivity contribution in [1.29, 1.82) is 0 Å². The molecule has 31 heavy (non-hydrogen) atoms. The molecule has 4 aliphatic carbocycles. The van der Waals surface area contributed by atoms with Crippen molar-refractivity contribution >= 4 is 17.5 Å². The van der Waals surface area contributed by atoms with Crippen molar-refractivity contribution in [1.82, 2.24) is 0 Å². The molecule has 0 heterocycles. The first kappa shape index (κ1) is 22.4. The fourth-order valence-corrected chi connectivity index (χ4v) is 7.74. The molecule has 7 atom stereocenters. The Balaban J connectivity index is 1.78. The monoisotopic (exact) mass is 430 g/mol. The van der Waals surface area contributed by atoms with Crippen LogP contribution in [0.15, 0.2) is 23.3 Å². The van der Waals surface area contributed by atoms with Crippen molar-refractivity contribution in [3.05, 3.63) is 23.3 Å². The van der Waals surface area contributed by atoms with Gasteiger partial charge in [-0.05, 0) is 63.0 Å². The minimum Gasteiger partial charge on any atom is -0.450 e. The summed E-state index contributed by atoms with van der Waals surface area (Å²) in [5.41, 5.74) is -0.437. The third-order valence-electron chi connectivity index (χ3n) is 9.32. The lowest BCUT2D eigenvalue weighted by atomic mass is 9.45. The lowest BCUT2D eigenvalue weighted by molar-refractivity contribution is -0.200. The molecule has 0 aromatic carbocycles. The fraction of sp³-hybridized carbons (Fsp3) is 0.720. The number of carbonyl (C=O) groups is 3. The molecule has 0 aromatic heterocycles. The third kappa shape index (κ3) is 2.87. The van der Waals surface area contributed by atoms with E-state index in [4.69, 9.17) is 4.74 Å². The number of rotatable bonds is 4. The molecule has 0 aromatic rings. The smallest absolute Gasteiger partial charge is 0.306 e. The maximum absolute atomic E-state index is 13.0. The van der Waals surface area contributed by atoms with Gasteiger partial charge in [0, 0.05) is 23.2 Å². The van der Waals surface area contributed by atoms with Crippen molar-refractivity contribution < 1.29 is 29.3 Å². The summed E-state index contributed by atoms with van der Waals surface area (Å²) in [7, 11) is 0. The lowest BCUT2D eigenvalue weighted by Crippen LogP contribution is -2.63. The fourth-order valence-electron chi connectivity index (χ4n) is 7.74. The van der Waals surface area contributed by atoms with Gasteiger partial charge in [0.1, 0.15) is 6.61 Å². The first-order valence-corrected chi connectivity index (χ1v) is 11.5. The van der Waals surface area contributed by atoms with Crippen LogP contribution in [0.25, 0.3) is 0 Å². The zero-order valence-corrected chi connectivity index (χ0v) is 18.9. The number of aliphatic hydroxyl groups is 2. The number of ether oxygens (including phenoxy) is 1. The number of Topliss-reactive ketones (excluding diaryl/α,β-unsaturated/α-hetero) is 1. The van der Waals surface area contributed by atoms with Gasteiger partial charge in [-0.25, -0.2) is 0 Å². The molecular weight excluding hydrogens is 396 g/mol. The van der Waals surface area contributed by atoms with E-state index in [9.17, 15) is 24.6 Å². The second kappa shape index (κ2) is 7.38. The number of fused-ring (bicyclic) bond motifs is 5. The predicted molar refractivity (Wildman–Crippen MR) is 114 cm³/mol. The Hall–Kier alpha value is -1.79. The van der Waals surface area contributed by atoms with Crippen molar-refractivity contribution in [2.75, 3.05) is 6.61 Å². The number of ketones is 2. The van der Waals surface area contributed by atoms with Crippen LogP contribution in [0, 0.1) is 28.6 Å². The molecule has 0 spiro atoms. The number of hydrogen-bond acceptors (Lipinski definition) is 6. The number of esters is 1. The van der Waals surface area contributed by atoms with Gasteiger partial charge in [-0.3, -0.25) is 14.4 Å². The molecule has 6 nitrogen and oxygen atoms in total. The summed E-state index contributed by atoms with van der Waals surface area (Å²) in [6.45, 7) is 7.08. The van der Waals surface area contributed by atoms with Gasteiger partial charge in [-0.2, -0.15) is 0 Å². The largest absolute Gasteiger partial charge is 0.450 e. The van der Waals surface area contributed by atoms with Gasteiger partial charge >= 0.3 is 5.97 Å². The van der Waals surface area contributed by atoms with Crippen LogP contribution in [0.3, 0.4) is 0 Å². The summed E-state index contributed by atoms with van der Waals surface area (Å²) >= 11 is 0. The zero-order valence-electron chi connectivity index (χ0n) is 18.9. The van der Waals surface area contributed by atoms with E-state index in [1.165, 1.54) is 0 Å². The molecule has 4 aliphatic rings. The van der Waals surface area contributed by atoms with Crippen molar-refractivity contribution in [2.45, 2.75) is 77.9 Å². The molecule has 6 heteroatoms. The van der Waals surface area contributed by atoms with Crippen LogP contribution in [0.2, 0.25) is 0 Å². The van der Waals surface area contributed by atoms with Gasteiger partial charge < -0.3 is 14.9 Å². The molecule has 0 bridgehead atoms. The molecule has 1 unspecified atom stereocenters. The van der Waals surface area contributed by atoms with Gasteiger partial charge in [-0.1, -0.05) is 31.9 Å². The normalized spacial score (nSPS) is 43.9. The van der Waals surface area contributed by atoms with Crippen LogP contribution >= 0.6 is 0 Å². The molecule has 2 N–H and O–H groups in total. The SMILES string of the molecule is CCC(=O)O[C@]1(C(=O)CO)CC[C@H]2[C@@H]3CCC4=CC(=O)C=C(C)[C@]4(C)[C@H]3C(O)C[C@@]21C. The Morgan fingerprint density at radius 1 is 1.23 bits per heavy atom. The number of allylic oxidation sites excluding steroid dienone is 4. The van der Waals surface area contributed by atoms with E-state index >= 15 is 0 Å². The maximum atomic E-state index is 13.0. The van der Waals surface area contributed by atoms with Crippen LogP contribution in [0.5, 0.6) is 0 Å². The first-order valence-electron chi connectivity index (χ1n) is 11.5. The van der Waals surface area contributed by atoms with Crippen molar-refractivity contribution in [3.8, 4) is 0 Å². The summed E-state index contributed by atoms with van der Waals surface area (Å²) in [5, 5.41) is 21.3. The molecule has 170 valence electrons. The van der Waals surface area contributed by atoms with Crippen LogP contribution in [-0.4, -0.2) is 46.1 Å². The van der Waals surface area contributed by atoms with Gasteiger partial charge in [-0.15, -0.1) is 0 Å². The van der Waals surface area contributed by atoms with E-state index < -0.39 is 35.5 Å². The van der Waals surface area contributed by atoms with Crippen LogP contribution in [0.1, 0.15) is 66.2 Å². The minimum absolute atomic E-state index is 0.0125. The Bertz CT molecular complexity index is 886. The van der Waals surface area contributed by atoms with Crippen LogP contribution < -0.4 is 0 Å². The van der Waals surface area contributed by atoms with Gasteiger partial charge in [0.05, 0.1) is 6.10 Å². The Morgan fingerprint density at radius 2 is 1.94 bits per heavy atom. The number of carbonyl (C=O) groups excluding carboxylic acids is 3. The lowest BCUT2D eigenvalue weighted by Gasteiger charge is -2.60. The second-order valence-corrected chi connectivity index (χ2v) is 10.4. The topological polar surface area (TPSA) is 101 Å². The van der Waals surface area contributed by atoms with Crippen molar-refractivity contribution in [2.24, 2.45) is 28.6 Å². The molecule has 0 amide bonds. The number of hydrogen-bond donors (Lipinski definition) is 2. The summed E-state index contributed by atoms with van der Waals surface area (Å²) < 4.78 is 5.84. The zero-order chi connectivity index (χ0) is 22.8. The van der Waals surface area contributed by atoms with E-state index in [1.54, 1.807) is 19.1 Å². The average molecular weight is 431 g/mol.